The van der Waals surface area contributed by atoms with Crippen molar-refractivity contribution in [1.82, 2.24) is 10.3 Å². The second kappa shape index (κ2) is 5.93. The fourth-order valence-electron chi connectivity index (χ4n) is 1.61. The molecular formula is C14H12BrFN2O. The smallest absolute Gasteiger partial charge is 0.251 e. The highest BCUT2D eigenvalue weighted by molar-refractivity contribution is 9.10. The van der Waals surface area contributed by atoms with Crippen molar-refractivity contribution in [3.63, 3.8) is 0 Å². The average Bonchev–Trinajstić information content (AvgIpc) is 2.39. The molecule has 5 heteroatoms. The third-order valence-corrected chi connectivity index (χ3v) is 3.17. The summed E-state index contributed by atoms with van der Waals surface area (Å²) in [5.74, 6) is -0.652. The van der Waals surface area contributed by atoms with E-state index in [1.54, 1.807) is 0 Å². The van der Waals surface area contributed by atoms with Gasteiger partial charge < -0.3 is 5.32 Å². The van der Waals surface area contributed by atoms with E-state index in [1.165, 1.54) is 18.2 Å². The van der Waals surface area contributed by atoms with Crippen molar-refractivity contribution in [1.29, 1.82) is 0 Å². The van der Waals surface area contributed by atoms with Gasteiger partial charge in [0.25, 0.3) is 5.91 Å². The number of carbonyl (C=O) groups is 1. The number of pyridine rings is 1. The molecule has 0 bridgehead atoms. The second-order valence-corrected chi connectivity index (χ2v) is 4.94. The number of rotatable bonds is 3. The topological polar surface area (TPSA) is 42.0 Å². The van der Waals surface area contributed by atoms with Gasteiger partial charge in [0.1, 0.15) is 5.82 Å². The molecule has 0 radical (unpaired) electrons. The van der Waals surface area contributed by atoms with Crippen LogP contribution in [-0.2, 0) is 6.54 Å². The molecule has 19 heavy (non-hydrogen) atoms. The van der Waals surface area contributed by atoms with E-state index in [0.29, 0.717) is 12.1 Å². The molecule has 1 amide bonds. The molecule has 0 fully saturated rings. The number of hydrogen-bond donors (Lipinski definition) is 1. The second-order valence-electron chi connectivity index (χ2n) is 4.08. The maximum absolute atomic E-state index is 13.1. The number of nitrogens with one attached hydrogen (secondary N) is 1. The average molecular weight is 323 g/mol. The van der Waals surface area contributed by atoms with Crippen molar-refractivity contribution in [2.45, 2.75) is 13.5 Å². The Bertz CT molecular complexity index is 616. The fourth-order valence-corrected chi connectivity index (χ4v) is 1.99. The lowest BCUT2D eigenvalue weighted by molar-refractivity contribution is 0.0950. The van der Waals surface area contributed by atoms with Gasteiger partial charge in [-0.25, -0.2) is 4.39 Å². The SMILES string of the molecule is Cc1cccc(CNC(=O)c2ccc(F)c(Br)c2)n1. The monoisotopic (exact) mass is 322 g/mol. The summed E-state index contributed by atoms with van der Waals surface area (Å²) >= 11 is 3.05. The van der Waals surface area contributed by atoms with E-state index in [2.05, 4.69) is 26.2 Å². The highest BCUT2D eigenvalue weighted by Gasteiger charge is 2.08. The molecule has 0 unspecified atom stereocenters. The number of halogens is 2. The number of hydrogen-bond acceptors (Lipinski definition) is 2. The van der Waals surface area contributed by atoms with Gasteiger partial charge in [-0.3, -0.25) is 9.78 Å². The summed E-state index contributed by atoms with van der Waals surface area (Å²) in [5, 5.41) is 2.74. The van der Waals surface area contributed by atoms with E-state index in [1.807, 2.05) is 25.1 Å². The van der Waals surface area contributed by atoms with Crippen LogP contribution in [0.5, 0.6) is 0 Å². The van der Waals surface area contributed by atoms with Crippen molar-refractivity contribution in [2.24, 2.45) is 0 Å². The minimum atomic E-state index is -0.392. The number of aromatic nitrogens is 1. The minimum absolute atomic E-state index is 0.260. The molecule has 0 aliphatic rings. The predicted octanol–water partition coefficient (Wildman–Crippen LogP) is 3.22. The Morgan fingerprint density at radius 1 is 1.37 bits per heavy atom. The zero-order valence-electron chi connectivity index (χ0n) is 10.3. The molecule has 0 saturated heterocycles. The van der Waals surface area contributed by atoms with Crippen LogP contribution in [0.2, 0.25) is 0 Å². The van der Waals surface area contributed by atoms with Gasteiger partial charge in [-0.05, 0) is 53.2 Å². The van der Waals surface area contributed by atoms with Crippen LogP contribution < -0.4 is 5.32 Å². The van der Waals surface area contributed by atoms with E-state index >= 15 is 0 Å². The molecule has 0 atom stereocenters. The molecule has 1 aromatic heterocycles. The third-order valence-electron chi connectivity index (χ3n) is 2.56. The van der Waals surface area contributed by atoms with Gasteiger partial charge in [0.2, 0.25) is 0 Å². The molecule has 3 nitrogen and oxygen atoms in total. The Hall–Kier alpha value is -1.75. The zero-order chi connectivity index (χ0) is 13.8. The quantitative estimate of drug-likeness (QED) is 0.942. The van der Waals surface area contributed by atoms with Crippen LogP contribution in [0.15, 0.2) is 40.9 Å². The summed E-state index contributed by atoms with van der Waals surface area (Å²) in [6, 6.07) is 9.77. The summed E-state index contributed by atoms with van der Waals surface area (Å²) in [6.45, 7) is 2.23. The normalized spacial score (nSPS) is 10.3. The van der Waals surface area contributed by atoms with Gasteiger partial charge in [0, 0.05) is 11.3 Å². The Kier molecular flexibility index (Phi) is 4.27. The van der Waals surface area contributed by atoms with E-state index < -0.39 is 5.82 Å². The molecule has 2 aromatic rings. The molecule has 1 aromatic carbocycles. The van der Waals surface area contributed by atoms with Crippen molar-refractivity contribution >= 4 is 21.8 Å². The van der Waals surface area contributed by atoms with Crippen LogP contribution in [0.4, 0.5) is 4.39 Å². The van der Waals surface area contributed by atoms with Crippen molar-refractivity contribution in [3.05, 3.63) is 63.6 Å². The summed E-state index contributed by atoms with van der Waals surface area (Å²) in [6.07, 6.45) is 0. The standard InChI is InChI=1S/C14H12BrFN2O/c1-9-3-2-4-11(18-9)8-17-14(19)10-5-6-13(16)12(15)7-10/h2-7H,8H2,1H3,(H,17,19). The predicted molar refractivity (Wildman–Crippen MR) is 74.2 cm³/mol. The fraction of sp³-hybridized carbons (Fsp3) is 0.143. The molecule has 1 N–H and O–H groups in total. The van der Waals surface area contributed by atoms with Crippen molar-refractivity contribution in [2.75, 3.05) is 0 Å². The van der Waals surface area contributed by atoms with Crippen LogP contribution in [0.3, 0.4) is 0 Å². The van der Waals surface area contributed by atoms with E-state index in [9.17, 15) is 9.18 Å². The van der Waals surface area contributed by atoms with Gasteiger partial charge in [-0.1, -0.05) is 6.07 Å². The Labute approximate surface area is 119 Å². The number of carbonyl (C=O) groups excluding carboxylic acids is 1. The lowest BCUT2D eigenvalue weighted by Gasteiger charge is -2.06. The summed E-state index contributed by atoms with van der Waals surface area (Å²) in [7, 11) is 0. The van der Waals surface area contributed by atoms with Crippen LogP contribution in [0.1, 0.15) is 21.7 Å². The first kappa shape index (κ1) is 13.7. The molecule has 0 spiro atoms. The van der Waals surface area contributed by atoms with E-state index in [0.717, 1.165) is 11.4 Å². The minimum Gasteiger partial charge on any atom is -0.346 e. The molecular weight excluding hydrogens is 311 g/mol. The maximum Gasteiger partial charge on any atom is 0.251 e. The van der Waals surface area contributed by atoms with Crippen LogP contribution in [0, 0.1) is 12.7 Å². The summed E-state index contributed by atoms with van der Waals surface area (Å²) in [5.41, 5.74) is 2.09. The molecule has 1 heterocycles. The molecule has 0 saturated carbocycles. The maximum atomic E-state index is 13.1. The van der Waals surface area contributed by atoms with Gasteiger partial charge in [0.05, 0.1) is 16.7 Å². The van der Waals surface area contributed by atoms with E-state index in [4.69, 9.17) is 0 Å². The van der Waals surface area contributed by atoms with Gasteiger partial charge in [-0.15, -0.1) is 0 Å². The van der Waals surface area contributed by atoms with Crippen molar-refractivity contribution in [3.8, 4) is 0 Å². The summed E-state index contributed by atoms with van der Waals surface area (Å²) in [4.78, 5) is 16.2. The number of nitrogens with zero attached hydrogens (tertiary/aromatic N) is 1. The highest BCUT2D eigenvalue weighted by atomic mass is 79.9. The first-order chi connectivity index (χ1) is 9.06. The molecule has 0 aliphatic carbocycles. The molecule has 0 aliphatic heterocycles. The third kappa shape index (κ3) is 3.61. The lowest BCUT2D eigenvalue weighted by atomic mass is 10.2. The Morgan fingerprint density at radius 2 is 2.16 bits per heavy atom. The van der Waals surface area contributed by atoms with Crippen LogP contribution in [-0.4, -0.2) is 10.9 Å². The highest BCUT2D eigenvalue weighted by Crippen LogP contribution is 2.16. The van der Waals surface area contributed by atoms with Gasteiger partial charge >= 0.3 is 0 Å². The number of aryl methyl sites for hydroxylation is 1. The molecule has 2 rings (SSSR count). The first-order valence-electron chi connectivity index (χ1n) is 5.72. The first-order valence-corrected chi connectivity index (χ1v) is 6.51. The number of amides is 1. The summed E-state index contributed by atoms with van der Waals surface area (Å²) < 4.78 is 13.3. The Balaban J connectivity index is 2.03. The largest absolute Gasteiger partial charge is 0.346 e. The number of benzene rings is 1. The van der Waals surface area contributed by atoms with Crippen LogP contribution in [0.25, 0.3) is 0 Å². The van der Waals surface area contributed by atoms with Gasteiger partial charge in [-0.2, -0.15) is 0 Å². The zero-order valence-corrected chi connectivity index (χ0v) is 11.9. The Morgan fingerprint density at radius 3 is 2.84 bits per heavy atom. The van der Waals surface area contributed by atoms with Crippen LogP contribution >= 0.6 is 15.9 Å². The van der Waals surface area contributed by atoms with Gasteiger partial charge in [0.15, 0.2) is 0 Å². The molecule has 98 valence electrons. The lowest BCUT2D eigenvalue weighted by Crippen LogP contribution is -2.23. The van der Waals surface area contributed by atoms with E-state index in [-0.39, 0.29) is 10.4 Å². The van der Waals surface area contributed by atoms with Crippen molar-refractivity contribution < 1.29 is 9.18 Å².